The van der Waals surface area contributed by atoms with Crippen molar-refractivity contribution in [3.8, 4) is 0 Å². The Hall–Kier alpha value is -1.46. The molecule has 0 bridgehead atoms. The van der Waals surface area contributed by atoms with E-state index in [0.717, 1.165) is 6.07 Å². The third kappa shape index (κ3) is 4.43. The Morgan fingerprint density at radius 3 is 2.00 bits per heavy atom. The van der Waals surface area contributed by atoms with Gasteiger partial charge in [0.2, 0.25) is 0 Å². The molecule has 0 unspecified atom stereocenters. The highest BCUT2D eigenvalue weighted by atomic mass is 32.2. The van der Waals surface area contributed by atoms with E-state index < -0.39 is 26.0 Å². The van der Waals surface area contributed by atoms with Crippen molar-refractivity contribution < 1.29 is 25.6 Å². The summed E-state index contributed by atoms with van der Waals surface area (Å²) in [6.07, 6.45) is 0. The van der Waals surface area contributed by atoms with Crippen LogP contribution in [0.3, 0.4) is 0 Å². The molecular formula is C7H9F2N3O4S2. The van der Waals surface area contributed by atoms with Gasteiger partial charge in [-0.2, -0.15) is 17.2 Å². The topological polar surface area (TPSA) is 118 Å². The molecule has 11 heteroatoms. The highest BCUT2D eigenvalue weighted by Crippen LogP contribution is 2.18. The fraction of sp³-hybridized carbons (Fsp3) is 0.143. The molecule has 0 saturated carbocycles. The summed E-state index contributed by atoms with van der Waals surface area (Å²) >= 11 is 0. The third-order valence-corrected chi connectivity index (χ3v) is 3.13. The molecule has 0 aliphatic heterocycles. The molecule has 7 nitrogen and oxygen atoms in total. The summed E-state index contributed by atoms with van der Waals surface area (Å²) in [7, 11) is -8.83. The lowest BCUT2D eigenvalue weighted by Crippen LogP contribution is -2.22. The first-order valence-electron chi connectivity index (χ1n) is 4.30. The van der Waals surface area contributed by atoms with E-state index in [1.54, 1.807) is 4.72 Å². The number of rotatable bonds is 5. The molecule has 0 radical (unpaired) electrons. The van der Waals surface area contributed by atoms with Crippen molar-refractivity contribution in [2.75, 3.05) is 9.44 Å². The zero-order valence-electron chi connectivity index (χ0n) is 8.67. The first kappa shape index (κ1) is 14.6. The highest BCUT2D eigenvalue weighted by Gasteiger charge is 2.23. The van der Waals surface area contributed by atoms with Crippen LogP contribution in [0.4, 0.5) is 20.2 Å². The normalized spacial score (nSPS) is 12.4. The van der Waals surface area contributed by atoms with Gasteiger partial charge in [-0.3, -0.25) is 9.44 Å². The Morgan fingerprint density at radius 2 is 1.56 bits per heavy atom. The van der Waals surface area contributed by atoms with Crippen LogP contribution in [0.25, 0.3) is 0 Å². The first-order valence-corrected chi connectivity index (χ1v) is 7.40. The third-order valence-electron chi connectivity index (χ3n) is 1.62. The SMILES string of the molecule is NS(=O)(=O)Nc1cccc(NS(=O)(=O)C(F)F)c1. The van der Waals surface area contributed by atoms with Gasteiger partial charge >= 0.3 is 5.76 Å². The number of anilines is 2. The number of nitrogens with two attached hydrogens (primary N) is 1. The van der Waals surface area contributed by atoms with Gasteiger partial charge in [0.15, 0.2) is 0 Å². The summed E-state index contributed by atoms with van der Waals surface area (Å²) in [4.78, 5) is 0. The van der Waals surface area contributed by atoms with Crippen LogP contribution in [0, 0.1) is 0 Å². The quantitative estimate of drug-likeness (QED) is 0.723. The minimum Gasteiger partial charge on any atom is -0.279 e. The van der Waals surface area contributed by atoms with E-state index in [1.165, 1.54) is 18.2 Å². The molecule has 0 amide bonds. The second kappa shape index (κ2) is 5.04. The number of alkyl halides is 2. The van der Waals surface area contributed by atoms with Crippen molar-refractivity contribution in [3.05, 3.63) is 24.3 Å². The van der Waals surface area contributed by atoms with Crippen molar-refractivity contribution in [1.29, 1.82) is 0 Å². The summed E-state index contributed by atoms with van der Waals surface area (Å²) in [5.41, 5.74) is -0.282. The van der Waals surface area contributed by atoms with E-state index >= 15 is 0 Å². The lowest BCUT2D eigenvalue weighted by Gasteiger charge is -2.09. The molecule has 0 atom stereocenters. The van der Waals surface area contributed by atoms with Gasteiger partial charge in [0.1, 0.15) is 0 Å². The standard InChI is InChI=1S/C7H9F2N3O4S2/c8-7(9)17(13,14)11-5-2-1-3-6(4-5)12-18(10,15)16/h1-4,7,11-12H,(H2,10,15,16). The number of halogens is 2. The lowest BCUT2D eigenvalue weighted by molar-refractivity contribution is 0.236. The average molecular weight is 301 g/mol. The fourth-order valence-electron chi connectivity index (χ4n) is 1.02. The number of hydrogen-bond acceptors (Lipinski definition) is 4. The number of benzene rings is 1. The predicted octanol–water partition coefficient (Wildman–Crippen LogP) is 0.266. The van der Waals surface area contributed by atoms with Crippen LogP contribution in [0.15, 0.2) is 24.3 Å². The minimum absolute atomic E-state index is 0.0630. The van der Waals surface area contributed by atoms with Crippen LogP contribution in [0.1, 0.15) is 0 Å². The second-order valence-electron chi connectivity index (χ2n) is 3.14. The number of nitrogens with one attached hydrogen (secondary N) is 2. The Bertz CT molecular complexity index is 630. The Balaban J connectivity index is 2.97. The Morgan fingerprint density at radius 1 is 1.06 bits per heavy atom. The smallest absolute Gasteiger partial charge is 0.279 e. The highest BCUT2D eigenvalue weighted by molar-refractivity contribution is 7.93. The number of hydrogen-bond donors (Lipinski definition) is 3. The predicted molar refractivity (Wildman–Crippen MR) is 61.7 cm³/mol. The van der Waals surface area contributed by atoms with Crippen LogP contribution >= 0.6 is 0 Å². The lowest BCUT2D eigenvalue weighted by atomic mass is 10.3. The van der Waals surface area contributed by atoms with Crippen LogP contribution in [0.5, 0.6) is 0 Å². The van der Waals surface area contributed by atoms with Gasteiger partial charge in [-0.15, -0.1) is 0 Å². The van der Waals surface area contributed by atoms with Crippen molar-refractivity contribution in [1.82, 2.24) is 0 Å². The molecule has 0 saturated heterocycles. The molecule has 0 spiro atoms. The molecule has 18 heavy (non-hydrogen) atoms. The maximum absolute atomic E-state index is 12.1. The maximum Gasteiger partial charge on any atom is 0.355 e. The van der Waals surface area contributed by atoms with Gasteiger partial charge in [-0.1, -0.05) is 6.07 Å². The molecular weight excluding hydrogens is 292 g/mol. The molecule has 0 aliphatic rings. The van der Waals surface area contributed by atoms with Crippen LogP contribution in [0.2, 0.25) is 0 Å². The van der Waals surface area contributed by atoms with Crippen molar-refractivity contribution in [2.45, 2.75) is 5.76 Å². The monoisotopic (exact) mass is 301 g/mol. The van der Waals surface area contributed by atoms with E-state index in [2.05, 4.69) is 0 Å². The van der Waals surface area contributed by atoms with E-state index in [1.807, 2.05) is 4.72 Å². The van der Waals surface area contributed by atoms with E-state index in [9.17, 15) is 25.6 Å². The van der Waals surface area contributed by atoms with Crippen molar-refractivity contribution in [2.24, 2.45) is 5.14 Å². The Kier molecular flexibility index (Phi) is 4.09. The fourth-order valence-corrected chi connectivity index (χ4v) is 2.02. The summed E-state index contributed by atoms with van der Waals surface area (Å²) in [5.74, 6) is -3.59. The minimum atomic E-state index is -4.80. The van der Waals surface area contributed by atoms with Crippen LogP contribution < -0.4 is 14.6 Å². The van der Waals surface area contributed by atoms with E-state index in [0.29, 0.717) is 0 Å². The molecule has 1 aromatic carbocycles. The van der Waals surface area contributed by atoms with Gasteiger partial charge < -0.3 is 0 Å². The largest absolute Gasteiger partial charge is 0.355 e. The van der Waals surface area contributed by atoms with Crippen molar-refractivity contribution in [3.63, 3.8) is 0 Å². The molecule has 0 aliphatic carbocycles. The summed E-state index contributed by atoms with van der Waals surface area (Å²) in [6.45, 7) is 0. The molecule has 1 rings (SSSR count). The molecule has 1 aromatic rings. The van der Waals surface area contributed by atoms with Gasteiger partial charge in [0.05, 0.1) is 11.4 Å². The summed E-state index contributed by atoms with van der Waals surface area (Å²) in [5, 5.41) is 4.70. The zero-order chi connectivity index (χ0) is 14.0. The molecule has 102 valence electrons. The van der Waals surface area contributed by atoms with E-state index in [-0.39, 0.29) is 11.4 Å². The summed E-state index contributed by atoms with van der Waals surface area (Å²) in [6, 6.07) is 4.71. The maximum atomic E-state index is 12.1. The summed E-state index contributed by atoms with van der Waals surface area (Å²) < 4.78 is 70.8. The molecule has 0 aromatic heterocycles. The molecule has 4 N–H and O–H groups in total. The van der Waals surface area contributed by atoms with Crippen LogP contribution in [-0.4, -0.2) is 22.6 Å². The van der Waals surface area contributed by atoms with Crippen molar-refractivity contribution >= 4 is 31.6 Å². The van der Waals surface area contributed by atoms with Gasteiger partial charge in [-0.05, 0) is 18.2 Å². The zero-order valence-corrected chi connectivity index (χ0v) is 10.3. The average Bonchev–Trinajstić information content (AvgIpc) is 2.13. The second-order valence-corrected chi connectivity index (χ2v) is 6.08. The Labute approximate surface area is 102 Å². The molecule has 0 fully saturated rings. The molecule has 0 heterocycles. The number of sulfonamides is 1. The first-order chi connectivity index (χ1) is 8.10. The van der Waals surface area contributed by atoms with Gasteiger partial charge in [0.25, 0.3) is 20.2 Å². The van der Waals surface area contributed by atoms with Gasteiger partial charge in [0, 0.05) is 0 Å². The van der Waals surface area contributed by atoms with Gasteiger partial charge in [-0.25, -0.2) is 13.6 Å². The van der Waals surface area contributed by atoms with E-state index in [4.69, 9.17) is 5.14 Å². The van der Waals surface area contributed by atoms with Crippen LogP contribution in [-0.2, 0) is 20.2 Å².